The van der Waals surface area contributed by atoms with Crippen LogP contribution in [0.3, 0.4) is 0 Å². The van der Waals surface area contributed by atoms with Crippen LogP contribution in [0.4, 0.5) is 0 Å². The summed E-state index contributed by atoms with van der Waals surface area (Å²) in [5, 5.41) is 3.33. The Balaban J connectivity index is 3.06. The second-order valence-corrected chi connectivity index (χ2v) is 10.4. The van der Waals surface area contributed by atoms with Crippen LogP contribution in [0.2, 0.25) is 0 Å². The summed E-state index contributed by atoms with van der Waals surface area (Å²) in [4.78, 5) is 0. The van der Waals surface area contributed by atoms with Crippen LogP contribution in [-0.4, -0.2) is 24.6 Å². The third-order valence-electron chi connectivity index (χ3n) is 4.15. The predicted molar refractivity (Wildman–Crippen MR) is 90.9 cm³/mol. The molecule has 18 heavy (non-hydrogen) atoms. The standard InChI is InChI=1S/C16H28P2/c1-7-13(3)17(5)15-11-9-10-12-16(15)18(6)14(4)8-2/h9-14H,7-8H2,1-6H3/t13-,14-,17?,18?/m1/s1. The molecular weight excluding hydrogens is 254 g/mol. The highest BCUT2D eigenvalue weighted by atomic mass is 31.1. The molecule has 0 aromatic heterocycles. The van der Waals surface area contributed by atoms with Gasteiger partial charge >= 0.3 is 0 Å². The minimum atomic E-state index is -0.00380. The van der Waals surface area contributed by atoms with Crippen LogP contribution in [0.25, 0.3) is 0 Å². The first-order chi connectivity index (χ1) is 8.52. The van der Waals surface area contributed by atoms with Crippen molar-refractivity contribution in [1.29, 1.82) is 0 Å². The molecule has 1 rings (SSSR count). The Labute approximate surface area is 116 Å². The summed E-state index contributed by atoms with van der Waals surface area (Å²) in [5.41, 5.74) is 1.67. The SMILES string of the molecule is CC[C@@H](C)P(C)c1ccccc1P(C)[C@H](C)CC. The first-order valence-corrected chi connectivity index (χ1v) is 10.8. The molecule has 0 saturated heterocycles. The molecule has 0 spiro atoms. The van der Waals surface area contributed by atoms with Crippen molar-refractivity contribution in [2.45, 2.75) is 51.9 Å². The third kappa shape index (κ3) is 3.79. The van der Waals surface area contributed by atoms with Gasteiger partial charge in [-0.25, -0.2) is 0 Å². The summed E-state index contributed by atoms with van der Waals surface area (Å²) in [5.74, 6) is 0. The smallest absolute Gasteiger partial charge is 0.0164 e. The monoisotopic (exact) mass is 282 g/mol. The van der Waals surface area contributed by atoms with E-state index in [9.17, 15) is 0 Å². The maximum atomic E-state index is 2.46. The van der Waals surface area contributed by atoms with Crippen molar-refractivity contribution in [3.05, 3.63) is 24.3 Å². The molecule has 1 aromatic rings. The average Bonchev–Trinajstić information content (AvgIpc) is 2.43. The van der Waals surface area contributed by atoms with E-state index in [2.05, 4.69) is 65.3 Å². The maximum Gasteiger partial charge on any atom is -0.0164 e. The third-order valence-corrected chi connectivity index (χ3v) is 10.00. The van der Waals surface area contributed by atoms with E-state index in [0.29, 0.717) is 0 Å². The van der Waals surface area contributed by atoms with Crippen molar-refractivity contribution in [2.24, 2.45) is 0 Å². The van der Waals surface area contributed by atoms with Crippen LogP contribution in [0.1, 0.15) is 40.5 Å². The molecule has 2 heteroatoms. The molecule has 4 atom stereocenters. The zero-order chi connectivity index (χ0) is 13.7. The van der Waals surface area contributed by atoms with E-state index in [1.807, 2.05) is 0 Å². The summed E-state index contributed by atoms with van der Waals surface area (Å²) < 4.78 is 0. The highest BCUT2D eigenvalue weighted by Crippen LogP contribution is 2.43. The zero-order valence-electron chi connectivity index (χ0n) is 12.8. The first kappa shape index (κ1) is 16.1. The van der Waals surface area contributed by atoms with E-state index in [1.54, 1.807) is 10.6 Å². The summed E-state index contributed by atoms with van der Waals surface area (Å²) in [6.45, 7) is 14.4. The molecule has 0 radical (unpaired) electrons. The molecular formula is C16H28P2. The fourth-order valence-corrected chi connectivity index (χ4v) is 6.59. The molecule has 0 aliphatic heterocycles. The van der Waals surface area contributed by atoms with Gasteiger partial charge in [-0.2, -0.15) is 0 Å². The summed E-state index contributed by atoms with van der Waals surface area (Å²) in [6.07, 6.45) is 2.59. The van der Waals surface area contributed by atoms with E-state index in [1.165, 1.54) is 12.8 Å². The minimum absolute atomic E-state index is 0.00380. The van der Waals surface area contributed by atoms with Gasteiger partial charge in [0.1, 0.15) is 0 Å². The fourth-order valence-electron chi connectivity index (χ4n) is 2.08. The van der Waals surface area contributed by atoms with E-state index in [-0.39, 0.29) is 15.8 Å². The Morgan fingerprint density at radius 1 is 0.833 bits per heavy atom. The largest absolute Gasteiger partial charge is 0.0749 e. The summed E-state index contributed by atoms with van der Waals surface area (Å²) >= 11 is 0. The molecule has 0 aliphatic rings. The zero-order valence-corrected chi connectivity index (χ0v) is 14.6. The van der Waals surface area contributed by atoms with Crippen LogP contribution >= 0.6 is 15.8 Å². The van der Waals surface area contributed by atoms with E-state index in [4.69, 9.17) is 0 Å². The Morgan fingerprint density at radius 3 is 1.44 bits per heavy atom. The van der Waals surface area contributed by atoms with Gasteiger partial charge in [0, 0.05) is 0 Å². The number of benzene rings is 1. The maximum absolute atomic E-state index is 2.46. The number of hydrogen-bond donors (Lipinski definition) is 0. The Morgan fingerprint density at radius 2 is 1.17 bits per heavy atom. The van der Waals surface area contributed by atoms with Gasteiger partial charge in [0.05, 0.1) is 0 Å². The van der Waals surface area contributed by atoms with Crippen molar-refractivity contribution >= 4 is 26.5 Å². The molecule has 0 bridgehead atoms. The number of rotatable bonds is 6. The molecule has 0 aliphatic carbocycles. The molecule has 1 aromatic carbocycles. The highest BCUT2D eigenvalue weighted by Gasteiger charge is 2.20. The van der Waals surface area contributed by atoms with Gasteiger partial charge in [-0.05, 0) is 48.1 Å². The van der Waals surface area contributed by atoms with E-state index >= 15 is 0 Å². The van der Waals surface area contributed by atoms with Crippen molar-refractivity contribution in [3.8, 4) is 0 Å². The summed E-state index contributed by atoms with van der Waals surface area (Å²) in [6, 6.07) is 9.21. The summed E-state index contributed by atoms with van der Waals surface area (Å²) in [7, 11) is -0.00761. The molecule has 102 valence electrons. The fraction of sp³-hybridized carbons (Fsp3) is 0.625. The van der Waals surface area contributed by atoms with Crippen LogP contribution in [0.15, 0.2) is 24.3 Å². The van der Waals surface area contributed by atoms with Gasteiger partial charge in [0.15, 0.2) is 0 Å². The molecule has 0 N–H and O–H groups in total. The lowest BCUT2D eigenvalue weighted by Gasteiger charge is -2.27. The first-order valence-electron chi connectivity index (χ1n) is 7.07. The normalized spacial score (nSPS) is 18.1. The van der Waals surface area contributed by atoms with Crippen molar-refractivity contribution in [2.75, 3.05) is 13.3 Å². The van der Waals surface area contributed by atoms with Crippen LogP contribution in [0.5, 0.6) is 0 Å². The second kappa shape index (κ2) is 7.62. The molecule has 0 heterocycles. The van der Waals surface area contributed by atoms with Crippen molar-refractivity contribution in [3.63, 3.8) is 0 Å². The Hall–Kier alpha value is 0.0800. The van der Waals surface area contributed by atoms with Crippen molar-refractivity contribution in [1.82, 2.24) is 0 Å². The molecule has 0 amide bonds. The van der Waals surface area contributed by atoms with Gasteiger partial charge in [0.2, 0.25) is 0 Å². The van der Waals surface area contributed by atoms with Crippen LogP contribution < -0.4 is 10.6 Å². The lowest BCUT2D eigenvalue weighted by molar-refractivity contribution is 0.896. The lowest BCUT2D eigenvalue weighted by Crippen LogP contribution is -2.26. The lowest BCUT2D eigenvalue weighted by atomic mass is 10.3. The van der Waals surface area contributed by atoms with Gasteiger partial charge in [-0.3, -0.25) is 0 Å². The van der Waals surface area contributed by atoms with Gasteiger partial charge in [-0.1, -0.05) is 67.8 Å². The van der Waals surface area contributed by atoms with Crippen LogP contribution in [0, 0.1) is 0 Å². The molecule has 0 saturated carbocycles. The highest BCUT2D eigenvalue weighted by molar-refractivity contribution is 7.71. The molecule has 2 unspecified atom stereocenters. The second-order valence-electron chi connectivity index (χ2n) is 5.23. The van der Waals surface area contributed by atoms with Gasteiger partial charge in [0.25, 0.3) is 0 Å². The minimum Gasteiger partial charge on any atom is -0.0749 e. The number of hydrogen-bond acceptors (Lipinski definition) is 0. The Bertz CT molecular complexity index is 327. The van der Waals surface area contributed by atoms with E-state index in [0.717, 1.165) is 11.3 Å². The topological polar surface area (TPSA) is 0 Å². The van der Waals surface area contributed by atoms with Crippen LogP contribution in [-0.2, 0) is 0 Å². The quantitative estimate of drug-likeness (QED) is 0.660. The van der Waals surface area contributed by atoms with E-state index < -0.39 is 0 Å². The predicted octanol–water partition coefficient (Wildman–Crippen LogP) is 4.76. The Kier molecular flexibility index (Phi) is 6.83. The van der Waals surface area contributed by atoms with Crippen molar-refractivity contribution < 1.29 is 0 Å². The molecule has 0 nitrogen and oxygen atoms in total. The van der Waals surface area contributed by atoms with Gasteiger partial charge in [-0.15, -0.1) is 0 Å². The average molecular weight is 282 g/mol. The van der Waals surface area contributed by atoms with Gasteiger partial charge < -0.3 is 0 Å². The molecule has 0 fully saturated rings.